The number of hydrogen-bond acceptors (Lipinski definition) is 8. The van der Waals surface area contributed by atoms with Crippen LogP contribution < -0.4 is 25.2 Å². The summed E-state index contributed by atoms with van der Waals surface area (Å²) in [6.45, 7) is 8.14. The summed E-state index contributed by atoms with van der Waals surface area (Å²) < 4.78 is 36.3. The van der Waals surface area contributed by atoms with Crippen LogP contribution in [-0.2, 0) is 0 Å². The standard InChI is InChI=1S/C28H29F2N7O/c1-17(2)37-16-28(5-6-28)38-26-21(29)12-18(13-24(26)37)25-22(30)15-33-27(35-25)34-20-3-4-23(19(11-20)14-31)36-9-7-32-8-10-36/h3-4,11-13,15,17,32H,5-10,16H2,1-2H3,(H,33,34,35). The Balaban J connectivity index is 1.31. The summed E-state index contributed by atoms with van der Waals surface area (Å²) in [5.74, 6) is -0.836. The SMILES string of the molecule is CC(C)N1CC2(CC2)Oc2c(F)cc(-c3nc(Nc4ccc(N5CCNCC5)c(C#N)c4)ncc3F)cc21. The summed E-state index contributed by atoms with van der Waals surface area (Å²) in [6, 6.07) is 10.9. The zero-order valence-electron chi connectivity index (χ0n) is 21.4. The predicted octanol–water partition coefficient (Wildman–Crippen LogP) is 4.59. The lowest BCUT2D eigenvalue weighted by molar-refractivity contribution is 0.160. The van der Waals surface area contributed by atoms with Crippen molar-refractivity contribution in [2.75, 3.05) is 47.8 Å². The van der Waals surface area contributed by atoms with Gasteiger partial charge in [-0.2, -0.15) is 5.26 Å². The molecule has 3 aromatic rings. The van der Waals surface area contributed by atoms with Crippen molar-refractivity contribution in [3.8, 4) is 23.1 Å². The van der Waals surface area contributed by atoms with E-state index in [0.29, 0.717) is 29.0 Å². The van der Waals surface area contributed by atoms with Crippen LogP contribution in [0, 0.1) is 23.0 Å². The quantitative estimate of drug-likeness (QED) is 0.508. The van der Waals surface area contributed by atoms with E-state index < -0.39 is 11.6 Å². The fourth-order valence-electron chi connectivity index (χ4n) is 5.18. The van der Waals surface area contributed by atoms with Crippen LogP contribution in [0.2, 0.25) is 0 Å². The Hall–Kier alpha value is -3.97. The van der Waals surface area contributed by atoms with Crippen LogP contribution in [0.25, 0.3) is 11.3 Å². The molecule has 0 unspecified atom stereocenters. The molecule has 0 bridgehead atoms. The summed E-state index contributed by atoms with van der Waals surface area (Å²) in [7, 11) is 0. The van der Waals surface area contributed by atoms with Crippen LogP contribution in [-0.4, -0.2) is 54.3 Å². The van der Waals surface area contributed by atoms with Gasteiger partial charge in [0.15, 0.2) is 17.4 Å². The van der Waals surface area contributed by atoms with E-state index in [-0.39, 0.29) is 29.0 Å². The number of nitrogens with zero attached hydrogens (tertiary/aromatic N) is 5. The minimum Gasteiger partial charge on any atom is -0.480 e. The molecule has 10 heteroatoms. The maximum atomic E-state index is 15.3. The van der Waals surface area contributed by atoms with Gasteiger partial charge in [-0.25, -0.2) is 18.7 Å². The molecule has 3 heterocycles. The Morgan fingerprint density at radius 2 is 1.89 bits per heavy atom. The third kappa shape index (κ3) is 4.47. The maximum absolute atomic E-state index is 15.3. The first-order chi connectivity index (χ1) is 18.4. The summed E-state index contributed by atoms with van der Waals surface area (Å²) in [5, 5.41) is 16.1. The van der Waals surface area contributed by atoms with E-state index in [1.54, 1.807) is 12.1 Å². The topological polar surface area (TPSA) is 89.3 Å². The van der Waals surface area contributed by atoms with Gasteiger partial charge in [-0.05, 0) is 57.0 Å². The largest absolute Gasteiger partial charge is 0.480 e. The summed E-state index contributed by atoms with van der Waals surface area (Å²) >= 11 is 0. The van der Waals surface area contributed by atoms with Gasteiger partial charge in [0, 0.05) is 43.5 Å². The summed E-state index contributed by atoms with van der Waals surface area (Å²) in [5.41, 5.74) is 2.56. The first-order valence-electron chi connectivity index (χ1n) is 12.9. The van der Waals surface area contributed by atoms with Crippen molar-refractivity contribution in [3.63, 3.8) is 0 Å². The minimum atomic E-state index is -0.659. The second-order valence-corrected chi connectivity index (χ2v) is 10.4. The van der Waals surface area contributed by atoms with Crippen LogP contribution in [0.5, 0.6) is 5.75 Å². The Morgan fingerprint density at radius 3 is 2.61 bits per heavy atom. The second kappa shape index (κ2) is 9.40. The molecule has 38 heavy (non-hydrogen) atoms. The predicted molar refractivity (Wildman–Crippen MR) is 142 cm³/mol. The zero-order valence-corrected chi connectivity index (χ0v) is 21.4. The molecule has 1 aromatic heterocycles. The van der Waals surface area contributed by atoms with Crippen molar-refractivity contribution in [3.05, 3.63) is 53.7 Å². The number of halogens is 2. The smallest absolute Gasteiger partial charge is 0.227 e. The lowest BCUT2D eigenvalue weighted by atomic mass is 10.0. The van der Waals surface area contributed by atoms with Crippen molar-refractivity contribution in [2.24, 2.45) is 0 Å². The van der Waals surface area contributed by atoms with E-state index in [1.165, 1.54) is 6.07 Å². The van der Waals surface area contributed by atoms with Gasteiger partial charge in [-0.3, -0.25) is 0 Å². The number of anilines is 4. The van der Waals surface area contributed by atoms with E-state index in [0.717, 1.165) is 50.9 Å². The molecular weight excluding hydrogens is 488 g/mol. The maximum Gasteiger partial charge on any atom is 0.227 e. The number of fused-ring (bicyclic) bond motifs is 1. The Labute approximate surface area is 220 Å². The average Bonchev–Trinajstić information content (AvgIpc) is 3.68. The van der Waals surface area contributed by atoms with E-state index in [4.69, 9.17) is 4.74 Å². The fraction of sp³-hybridized carbons (Fsp3) is 0.393. The molecule has 0 atom stereocenters. The summed E-state index contributed by atoms with van der Waals surface area (Å²) in [4.78, 5) is 12.7. The van der Waals surface area contributed by atoms with Gasteiger partial charge in [-0.15, -0.1) is 0 Å². The molecule has 3 aliphatic rings. The molecule has 2 N–H and O–H groups in total. The lowest BCUT2D eigenvalue weighted by Crippen LogP contribution is -2.45. The van der Waals surface area contributed by atoms with Crippen molar-refractivity contribution in [2.45, 2.75) is 38.3 Å². The normalized spacial score (nSPS) is 17.7. The highest BCUT2D eigenvalue weighted by atomic mass is 19.1. The zero-order chi connectivity index (χ0) is 26.4. The molecule has 1 saturated carbocycles. The van der Waals surface area contributed by atoms with E-state index >= 15 is 4.39 Å². The lowest BCUT2D eigenvalue weighted by Gasteiger charge is -2.39. The highest BCUT2D eigenvalue weighted by molar-refractivity contribution is 5.74. The monoisotopic (exact) mass is 517 g/mol. The highest BCUT2D eigenvalue weighted by Gasteiger charge is 2.51. The number of rotatable bonds is 5. The van der Waals surface area contributed by atoms with Gasteiger partial charge in [0.1, 0.15) is 17.4 Å². The van der Waals surface area contributed by atoms with Crippen LogP contribution in [0.3, 0.4) is 0 Å². The molecule has 8 nitrogen and oxygen atoms in total. The van der Waals surface area contributed by atoms with Gasteiger partial charge in [0.25, 0.3) is 0 Å². The van der Waals surface area contributed by atoms with Crippen LogP contribution >= 0.6 is 0 Å². The van der Waals surface area contributed by atoms with E-state index in [1.807, 2.05) is 26.0 Å². The molecule has 2 aliphatic heterocycles. The number of benzene rings is 2. The molecule has 0 amide bonds. The first-order valence-corrected chi connectivity index (χ1v) is 12.9. The van der Waals surface area contributed by atoms with Gasteiger partial charge < -0.3 is 25.2 Å². The number of nitrogens with one attached hydrogen (secondary N) is 2. The Bertz CT molecular complexity index is 1430. The molecule has 196 valence electrons. The van der Waals surface area contributed by atoms with Gasteiger partial charge in [0.05, 0.1) is 29.7 Å². The number of nitriles is 1. The molecule has 6 rings (SSSR count). The number of piperazine rings is 1. The number of aromatic nitrogens is 2. The Kier molecular flexibility index (Phi) is 6.03. The van der Waals surface area contributed by atoms with Gasteiger partial charge in [-0.1, -0.05) is 0 Å². The van der Waals surface area contributed by atoms with E-state index in [2.05, 4.69) is 36.5 Å². The second-order valence-electron chi connectivity index (χ2n) is 10.4. The molecule has 1 saturated heterocycles. The number of hydrogen-bond donors (Lipinski definition) is 2. The van der Waals surface area contributed by atoms with Gasteiger partial charge in [0.2, 0.25) is 5.95 Å². The van der Waals surface area contributed by atoms with Gasteiger partial charge >= 0.3 is 0 Å². The fourth-order valence-corrected chi connectivity index (χ4v) is 5.18. The molecular formula is C28H29F2N7O. The Morgan fingerprint density at radius 1 is 1.11 bits per heavy atom. The molecule has 2 fully saturated rings. The molecule has 1 aliphatic carbocycles. The highest BCUT2D eigenvalue weighted by Crippen LogP contribution is 2.50. The van der Waals surface area contributed by atoms with E-state index in [9.17, 15) is 9.65 Å². The first kappa shape index (κ1) is 24.4. The van der Waals surface area contributed by atoms with Crippen LogP contribution in [0.15, 0.2) is 36.5 Å². The summed E-state index contributed by atoms with van der Waals surface area (Å²) in [6.07, 6.45) is 2.87. The number of ether oxygens (including phenoxy) is 1. The average molecular weight is 518 g/mol. The van der Waals surface area contributed by atoms with Crippen LogP contribution in [0.4, 0.5) is 31.8 Å². The van der Waals surface area contributed by atoms with Crippen LogP contribution in [0.1, 0.15) is 32.3 Å². The van der Waals surface area contributed by atoms with Crippen molar-refractivity contribution in [1.29, 1.82) is 5.26 Å². The third-order valence-electron chi connectivity index (χ3n) is 7.39. The molecule has 0 radical (unpaired) electrons. The molecule has 1 spiro atoms. The third-order valence-corrected chi connectivity index (χ3v) is 7.39. The van der Waals surface area contributed by atoms with Crippen molar-refractivity contribution >= 4 is 23.0 Å². The van der Waals surface area contributed by atoms with Crippen molar-refractivity contribution in [1.82, 2.24) is 15.3 Å². The van der Waals surface area contributed by atoms with Crippen molar-refractivity contribution < 1.29 is 13.5 Å². The minimum absolute atomic E-state index is 0.0161. The molecule has 2 aromatic carbocycles.